The molecule has 0 spiro atoms. The zero-order valence-electron chi connectivity index (χ0n) is 16.2. The monoisotopic (exact) mass is 371 g/mol. The fraction of sp³-hybridized carbons (Fsp3) is 0.381. The van der Waals surface area contributed by atoms with Crippen LogP contribution in [0.15, 0.2) is 42.5 Å². The van der Waals surface area contributed by atoms with Crippen LogP contribution in [0.4, 0.5) is 0 Å². The van der Waals surface area contributed by atoms with Crippen LogP contribution in [0.25, 0.3) is 0 Å². The minimum Gasteiger partial charge on any atom is -0.497 e. The molecule has 0 aliphatic carbocycles. The Bertz CT molecular complexity index is 746. The minimum atomic E-state index is -0.0344. The van der Waals surface area contributed by atoms with Crippen molar-refractivity contribution in [2.45, 2.75) is 6.54 Å². The number of benzene rings is 2. The molecule has 2 aromatic carbocycles. The lowest BCUT2D eigenvalue weighted by molar-refractivity contribution is -0.917. The summed E-state index contributed by atoms with van der Waals surface area (Å²) in [5, 5.41) is 0. The molecule has 1 amide bonds. The fourth-order valence-corrected chi connectivity index (χ4v) is 3.45. The molecule has 1 saturated heterocycles. The van der Waals surface area contributed by atoms with Gasteiger partial charge in [-0.2, -0.15) is 0 Å². The molecule has 0 saturated carbocycles. The van der Waals surface area contributed by atoms with Crippen molar-refractivity contribution in [1.82, 2.24) is 4.90 Å². The first kappa shape index (κ1) is 19.0. The van der Waals surface area contributed by atoms with Crippen LogP contribution in [-0.2, 0) is 6.54 Å². The van der Waals surface area contributed by atoms with Gasteiger partial charge in [0.15, 0.2) is 0 Å². The molecule has 1 N–H and O–H groups in total. The number of rotatable bonds is 6. The lowest BCUT2D eigenvalue weighted by atomic mass is 10.1. The second-order valence-corrected chi connectivity index (χ2v) is 6.60. The molecule has 0 radical (unpaired) electrons. The number of ether oxygens (including phenoxy) is 3. The van der Waals surface area contributed by atoms with E-state index in [-0.39, 0.29) is 5.91 Å². The summed E-state index contributed by atoms with van der Waals surface area (Å²) in [6.45, 7) is 4.20. The summed E-state index contributed by atoms with van der Waals surface area (Å²) in [5.41, 5.74) is 1.78. The number of carbonyl (C=O) groups is 1. The van der Waals surface area contributed by atoms with Crippen molar-refractivity contribution in [3.8, 4) is 17.2 Å². The molecule has 0 unspecified atom stereocenters. The molecule has 144 valence electrons. The number of quaternary nitrogens is 1. The topological polar surface area (TPSA) is 52.4 Å². The van der Waals surface area contributed by atoms with Gasteiger partial charge in [-0.05, 0) is 36.4 Å². The number of amides is 1. The zero-order valence-corrected chi connectivity index (χ0v) is 16.2. The first-order valence-corrected chi connectivity index (χ1v) is 9.13. The zero-order chi connectivity index (χ0) is 19.2. The third-order valence-corrected chi connectivity index (χ3v) is 5.01. The number of nitrogens with zero attached hydrogens (tertiary/aromatic N) is 1. The van der Waals surface area contributed by atoms with Gasteiger partial charge >= 0.3 is 0 Å². The molecular formula is C21H27N2O4+. The van der Waals surface area contributed by atoms with Crippen LogP contribution in [0.5, 0.6) is 17.2 Å². The number of nitrogens with one attached hydrogen (secondary N) is 1. The van der Waals surface area contributed by atoms with Gasteiger partial charge in [-0.15, -0.1) is 0 Å². The molecule has 6 nitrogen and oxygen atoms in total. The van der Waals surface area contributed by atoms with E-state index < -0.39 is 0 Å². The van der Waals surface area contributed by atoms with Gasteiger partial charge in [-0.25, -0.2) is 0 Å². The van der Waals surface area contributed by atoms with Crippen LogP contribution in [0.2, 0.25) is 0 Å². The molecule has 2 aromatic rings. The van der Waals surface area contributed by atoms with Crippen LogP contribution < -0.4 is 19.1 Å². The lowest BCUT2D eigenvalue weighted by Gasteiger charge is -2.32. The Balaban J connectivity index is 1.62. The van der Waals surface area contributed by atoms with Crippen molar-refractivity contribution in [3.05, 3.63) is 53.6 Å². The highest BCUT2D eigenvalue weighted by molar-refractivity contribution is 5.99. The maximum Gasteiger partial charge on any atom is 0.261 e. The second-order valence-electron chi connectivity index (χ2n) is 6.60. The van der Waals surface area contributed by atoms with E-state index in [9.17, 15) is 4.79 Å². The molecule has 0 bridgehead atoms. The van der Waals surface area contributed by atoms with Gasteiger partial charge in [-0.1, -0.05) is 6.07 Å². The van der Waals surface area contributed by atoms with Crippen LogP contribution >= 0.6 is 0 Å². The third-order valence-electron chi connectivity index (χ3n) is 5.01. The molecular weight excluding hydrogens is 344 g/mol. The van der Waals surface area contributed by atoms with Crippen LogP contribution in [-0.4, -0.2) is 58.3 Å². The summed E-state index contributed by atoms with van der Waals surface area (Å²) in [7, 11) is 4.82. The van der Waals surface area contributed by atoms with E-state index >= 15 is 0 Å². The maximum absolute atomic E-state index is 13.0. The molecule has 0 atom stereocenters. The second kappa shape index (κ2) is 8.77. The molecule has 1 heterocycles. The fourth-order valence-electron chi connectivity index (χ4n) is 3.45. The maximum atomic E-state index is 13.0. The van der Waals surface area contributed by atoms with E-state index in [1.807, 2.05) is 23.1 Å². The van der Waals surface area contributed by atoms with Crippen molar-refractivity contribution < 1.29 is 23.9 Å². The first-order chi connectivity index (χ1) is 13.2. The van der Waals surface area contributed by atoms with Crippen molar-refractivity contribution >= 4 is 5.91 Å². The largest absolute Gasteiger partial charge is 0.497 e. The van der Waals surface area contributed by atoms with Gasteiger partial charge in [0.25, 0.3) is 5.91 Å². The van der Waals surface area contributed by atoms with Crippen molar-refractivity contribution in [1.29, 1.82) is 0 Å². The molecule has 1 fully saturated rings. The van der Waals surface area contributed by atoms with E-state index in [1.165, 1.54) is 10.5 Å². The van der Waals surface area contributed by atoms with Gasteiger partial charge in [0.2, 0.25) is 0 Å². The summed E-state index contributed by atoms with van der Waals surface area (Å²) >= 11 is 0. The Morgan fingerprint density at radius 2 is 1.52 bits per heavy atom. The summed E-state index contributed by atoms with van der Waals surface area (Å²) in [4.78, 5) is 16.4. The van der Waals surface area contributed by atoms with E-state index in [1.54, 1.807) is 33.5 Å². The molecule has 27 heavy (non-hydrogen) atoms. The van der Waals surface area contributed by atoms with Gasteiger partial charge in [-0.3, -0.25) is 4.79 Å². The minimum absolute atomic E-state index is 0.0344. The molecule has 1 aliphatic heterocycles. The first-order valence-electron chi connectivity index (χ1n) is 9.13. The van der Waals surface area contributed by atoms with E-state index in [2.05, 4.69) is 12.1 Å². The Kier molecular flexibility index (Phi) is 6.19. The number of carbonyl (C=O) groups excluding carboxylic acids is 1. The van der Waals surface area contributed by atoms with Gasteiger partial charge in [0.1, 0.15) is 29.4 Å². The van der Waals surface area contributed by atoms with Crippen molar-refractivity contribution in [2.75, 3.05) is 47.5 Å². The highest BCUT2D eigenvalue weighted by Crippen LogP contribution is 2.29. The quantitative estimate of drug-likeness (QED) is 0.831. The predicted molar refractivity (Wildman–Crippen MR) is 103 cm³/mol. The Morgan fingerprint density at radius 1 is 0.926 bits per heavy atom. The average molecular weight is 371 g/mol. The SMILES string of the molecule is COc1ccc(C[NH+]2CCN(C(=O)c3c(OC)cccc3OC)CC2)cc1. The van der Waals surface area contributed by atoms with Crippen LogP contribution in [0.1, 0.15) is 15.9 Å². The smallest absolute Gasteiger partial charge is 0.261 e. The number of hydrogen-bond acceptors (Lipinski definition) is 4. The van der Waals surface area contributed by atoms with Gasteiger partial charge in [0, 0.05) is 5.56 Å². The van der Waals surface area contributed by atoms with E-state index in [4.69, 9.17) is 14.2 Å². The summed E-state index contributed by atoms with van der Waals surface area (Å²) in [5.74, 6) is 1.93. The van der Waals surface area contributed by atoms with Gasteiger partial charge < -0.3 is 24.0 Å². The van der Waals surface area contributed by atoms with Crippen molar-refractivity contribution in [2.24, 2.45) is 0 Å². The average Bonchev–Trinajstić information content (AvgIpc) is 2.73. The van der Waals surface area contributed by atoms with Gasteiger partial charge in [0.05, 0.1) is 47.5 Å². The summed E-state index contributed by atoms with van der Waals surface area (Å²) < 4.78 is 16.0. The standard InChI is InChI=1S/C21H26N2O4/c1-25-17-9-7-16(8-10-17)15-22-11-13-23(14-12-22)21(24)20-18(26-2)5-4-6-19(20)27-3/h4-10H,11-15H2,1-3H3/p+1. The Morgan fingerprint density at radius 3 is 2.04 bits per heavy atom. The molecule has 3 rings (SSSR count). The lowest BCUT2D eigenvalue weighted by Crippen LogP contribution is -3.13. The predicted octanol–water partition coefficient (Wildman–Crippen LogP) is 1.25. The van der Waals surface area contributed by atoms with Crippen LogP contribution in [0.3, 0.4) is 0 Å². The normalized spacial score (nSPS) is 14.7. The Hall–Kier alpha value is -2.73. The van der Waals surface area contributed by atoms with E-state index in [0.717, 1.165) is 25.4 Å². The summed E-state index contributed by atoms with van der Waals surface area (Å²) in [6, 6.07) is 13.6. The van der Waals surface area contributed by atoms with Crippen molar-refractivity contribution in [3.63, 3.8) is 0 Å². The number of piperazine rings is 1. The summed E-state index contributed by atoms with van der Waals surface area (Å²) in [6.07, 6.45) is 0. The molecule has 0 aromatic heterocycles. The molecule has 6 heteroatoms. The van der Waals surface area contributed by atoms with E-state index in [0.29, 0.717) is 30.2 Å². The number of methoxy groups -OCH3 is 3. The highest BCUT2D eigenvalue weighted by atomic mass is 16.5. The number of hydrogen-bond donors (Lipinski definition) is 1. The highest BCUT2D eigenvalue weighted by Gasteiger charge is 2.28. The Labute approximate surface area is 160 Å². The third kappa shape index (κ3) is 4.34. The van der Waals surface area contributed by atoms with Crippen LogP contribution in [0, 0.1) is 0 Å². The molecule has 1 aliphatic rings.